The first-order valence-electron chi connectivity index (χ1n) is 7.24. The summed E-state index contributed by atoms with van der Waals surface area (Å²) in [5.74, 6) is 0.154. The van der Waals surface area contributed by atoms with Crippen LogP contribution >= 0.6 is 0 Å². The molecule has 0 radical (unpaired) electrons. The number of rotatable bonds is 1. The predicted molar refractivity (Wildman–Crippen MR) is 90.5 cm³/mol. The Morgan fingerprint density at radius 2 is 1.68 bits per heavy atom. The largest absolute Gasteiger partial charge is 0.283 e. The molecule has 110 valence electrons. The van der Waals surface area contributed by atoms with Crippen molar-refractivity contribution < 1.29 is 8.42 Å². The van der Waals surface area contributed by atoms with E-state index >= 15 is 0 Å². The lowest BCUT2D eigenvalue weighted by Crippen LogP contribution is -2.24. The molecule has 0 unspecified atom stereocenters. The van der Waals surface area contributed by atoms with Gasteiger partial charge in [0.1, 0.15) is 0 Å². The molecule has 0 spiro atoms. The summed E-state index contributed by atoms with van der Waals surface area (Å²) in [6.07, 6.45) is 0.562. The van der Waals surface area contributed by atoms with Crippen LogP contribution in [0.2, 0.25) is 0 Å². The van der Waals surface area contributed by atoms with E-state index in [1.54, 1.807) is 0 Å². The van der Waals surface area contributed by atoms with Crippen molar-refractivity contribution in [2.75, 3.05) is 10.5 Å². The average Bonchev–Trinajstić information content (AvgIpc) is 2.53. The summed E-state index contributed by atoms with van der Waals surface area (Å²) in [5, 5.41) is 2.33. The Kier molecular flexibility index (Phi) is 2.94. The second kappa shape index (κ2) is 4.85. The van der Waals surface area contributed by atoms with Gasteiger partial charge in [-0.15, -0.1) is 0 Å². The van der Waals surface area contributed by atoms with Gasteiger partial charge in [-0.05, 0) is 34.4 Å². The maximum atomic E-state index is 11.9. The van der Waals surface area contributed by atoms with Crippen molar-refractivity contribution in [1.82, 2.24) is 0 Å². The van der Waals surface area contributed by atoms with Crippen molar-refractivity contribution in [1.29, 1.82) is 0 Å². The van der Waals surface area contributed by atoms with Crippen LogP contribution < -0.4 is 4.72 Å². The lowest BCUT2D eigenvalue weighted by molar-refractivity contribution is 0.599. The monoisotopic (exact) mass is 309 g/mol. The molecule has 1 N–H and O–H groups in total. The minimum Gasteiger partial charge on any atom is -0.283 e. The van der Waals surface area contributed by atoms with Crippen LogP contribution in [-0.2, 0) is 16.4 Å². The Bertz CT molecular complexity index is 977. The van der Waals surface area contributed by atoms with Crippen molar-refractivity contribution in [3.8, 4) is 11.1 Å². The highest BCUT2D eigenvalue weighted by atomic mass is 32.2. The fraction of sp³-hybridized carbons (Fsp3) is 0.111. The highest BCUT2D eigenvalue weighted by Crippen LogP contribution is 2.35. The maximum absolute atomic E-state index is 11.9. The Morgan fingerprint density at radius 3 is 2.55 bits per heavy atom. The van der Waals surface area contributed by atoms with E-state index in [2.05, 4.69) is 29.0 Å². The molecule has 0 saturated heterocycles. The fourth-order valence-electron chi connectivity index (χ4n) is 2.98. The Balaban J connectivity index is 1.92. The third-order valence-corrected chi connectivity index (χ3v) is 5.37. The molecule has 3 nitrogen and oxygen atoms in total. The van der Waals surface area contributed by atoms with Gasteiger partial charge >= 0.3 is 0 Å². The van der Waals surface area contributed by atoms with Gasteiger partial charge in [-0.3, -0.25) is 4.72 Å². The number of fused-ring (bicyclic) bond motifs is 2. The van der Waals surface area contributed by atoms with Gasteiger partial charge in [-0.25, -0.2) is 8.42 Å². The second-order valence-corrected chi connectivity index (χ2v) is 7.41. The molecule has 1 aliphatic rings. The van der Waals surface area contributed by atoms with Crippen molar-refractivity contribution >= 4 is 26.5 Å². The van der Waals surface area contributed by atoms with Crippen LogP contribution in [0.25, 0.3) is 21.9 Å². The van der Waals surface area contributed by atoms with Crippen LogP contribution in [0, 0.1) is 0 Å². The highest BCUT2D eigenvalue weighted by molar-refractivity contribution is 7.92. The molecule has 4 rings (SSSR count). The average molecular weight is 309 g/mol. The van der Waals surface area contributed by atoms with Crippen LogP contribution in [-0.4, -0.2) is 14.2 Å². The number of sulfonamides is 1. The van der Waals surface area contributed by atoms with Crippen molar-refractivity contribution in [3.05, 3.63) is 66.2 Å². The van der Waals surface area contributed by atoms with E-state index in [0.29, 0.717) is 6.42 Å². The number of nitrogens with one attached hydrogen (secondary N) is 1. The van der Waals surface area contributed by atoms with Gasteiger partial charge in [0.2, 0.25) is 10.0 Å². The van der Waals surface area contributed by atoms with Crippen molar-refractivity contribution in [3.63, 3.8) is 0 Å². The summed E-state index contributed by atoms with van der Waals surface area (Å²) in [6, 6.07) is 20.3. The number of hydrogen-bond acceptors (Lipinski definition) is 2. The molecule has 1 aliphatic heterocycles. The molecule has 0 amide bonds. The van der Waals surface area contributed by atoms with Gasteiger partial charge in [-0.2, -0.15) is 0 Å². The van der Waals surface area contributed by atoms with Crippen molar-refractivity contribution in [2.45, 2.75) is 6.42 Å². The summed E-state index contributed by atoms with van der Waals surface area (Å²) in [5.41, 5.74) is 3.75. The van der Waals surface area contributed by atoms with E-state index in [1.165, 1.54) is 5.39 Å². The van der Waals surface area contributed by atoms with Gasteiger partial charge in [0.05, 0.1) is 11.4 Å². The second-order valence-electron chi connectivity index (χ2n) is 5.57. The van der Waals surface area contributed by atoms with Crippen LogP contribution in [0.5, 0.6) is 0 Å². The number of aryl methyl sites for hydroxylation is 1. The highest BCUT2D eigenvalue weighted by Gasteiger charge is 2.22. The van der Waals surface area contributed by atoms with E-state index < -0.39 is 10.0 Å². The fourth-order valence-corrected chi connectivity index (χ4v) is 4.12. The minimum atomic E-state index is -3.22. The van der Waals surface area contributed by atoms with E-state index in [-0.39, 0.29) is 5.75 Å². The SMILES string of the molecule is O=S1(=O)CCc2cccc(-c3ccc4ccccc4c3)c2N1. The van der Waals surface area contributed by atoms with Crippen LogP contribution in [0.3, 0.4) is 0 Å². The Labute approximate surface area is 129 Å². The molecule has 0 bridgehead atoms. The van der Waals surface area contributed by atoms with Crippen molar-refractivity contribution in [2.24, 2.45) is 0 Å². The summed E-state index contributed by atoms with van der Waals surface area (Å²) in [4.78, 5) is 0. The summed E-state index contributed by atoms with van der Waals surface area (Å²) in [6.45, 7) is 0. The first kappa shape index (κ1) is 13.3. The number of hydrogen-bond donors (Lipinski definition) is 1. The van der Waals surface area contributed by atoms with Gasteiger partial charge in [0.15, 0.2) is 0 Å². The van der Waals surface area contributed by atoms with Gasteiger partial charge in [0.25, 0.3) is 0 Å². The zero-order valence-electron chi connectivity index (χ0n) is 11.9. The molecule has 1 heterocycles. The van der Waals surface area contributed by atoms with E-state index in [4.69, 9.17) is 0 Å². The summed E-state index contributed by atoms with van der Waals surface area (Å²) >= 11 is 0. The smallest absolute Gasteiger partial charge is 0.233 e. The zero-order chi connectivity index (χ0) is 15.2. The molecular weight excluding hydrogens is 294 g/mol. The number of anilines is 1. The van der Waals surface area contributed by atoms with E-state index in [9.17, 15) is 8.42 Å². The molecule has 3 aromatic rings. The molecule has 4 heteroatoms. The first-order chi connectivity index (χ1) is 10.6. The third-order valence-electron chi connectivity index (χ3n) is 4.11. The zero-order valence-corrected chi connectivity index (χ0v) is 12.7. The molecule has 22 heavy (non-hydrogen) atoms. The molecule has 0 aliphatic carbocycles. The predicted octanol–water partition coefficient (Wildman–Crippen LogP) is 3.80. The standard InChI is InChI=1S/C18H15NO2S/c20-22(21)11-10-14-6-3-7-17(18(14)19-22)16-9-8-13-4-1-2-5-15(13)12-16/h1-9,12,19H,10-11H2. The summed E-state index contributed by atoms with van der Waals surface area (Å²) < 4.78 is 26.5. The third kappa shape index (κ3) is 2.25. The number of para-hydroxylation sites is 1. The normalized spacial score (nSPS) is 16.0. The maximum Gasteiger partial charge on any atom is 0.233 e. The first-order valence-corrected chi connectivity index (χ1v) is 8.89. The van der Waals surface area contributed by atoms with Crippen LogP contribution in [0.15, 0.2) is 60.7 Å². The molecule has 0 fully saturated rings. The lowest BCUT2D eigenvalue weighted by atomic mass is 9.97. The quantitative estimate of drug-likeness (QED) is 0.743. The molecule has 0 saturated carbocycles. The topological polar surface area (TPSA) is 46.2 Å². The van der Waals surface area contributed by atoms with Crippen LogP contribution in [0.4, 0.5) is 5.69 Å². The van der Waals surface area contributed by atoms with E-state index in [1.807, 2.05) is 36.4 Å². The Hall–Kier alpha value is -2.33. The number of benzene rings is 3. The Morgan fingerprint density at radius 1 is 0.864 bits per heavy atom. The van der Waals surface area contributed by atoms with Gasteiger partial charge in [0, 0.05) is 5.56 Å². The van der Waals surface area contributed by atoms with Crippen LogP contribution in [0.1, 0.15) is 5.56 Å². The van der Waals surface area contributed by atoms with E-state index in [0.717, 1.165) is 27.8 Å². The van der Waals surface area contributed by atoms with Gasteiger partial charge < -0.3 is 0 Å². The molecule has 0 aromatic heterocycles. The molecule has 3 aromatic carbocycles. The minimum absolute atomic E-state index is 0.154. The van der Waals surface area contributed by atoms with Gasteiger partial charge in [-0.1, -0.05) is 54.6 Å². The molecule has 0 atom stereocenters. The molecular formula is C18H15NO2S. The lowest BCUT2D eigenvalue weighted by Gasteiger charge is -2.21. The summed E-state index contributed by atoms with van der Waals surface area (Å²) in [7, 11) is -3.22.